The van der Waals surface area contributed by atoms with Crippen LogP contribution in [0.2, 0.25) is 5.02 Å². The molecule has 2 heterocycles. The molecule has 2 aliphatic rings. The van der Waals surface area contributed by atoms with Gasteiger partial charge in [-0.3, -0.25) is 14.5 Å². The molecule has 1 saturated heterocycles. The number of ether oxygens (including phenoxy) is 2. The molecule has 170 valence electrons. The zero-order valence-electron chi connectivity index (χ0n) is 18.2. The van der Waals surface area contributed by atoms with Gasteiger partial charge in [-0.05, 0) is 31.7 Å². The Morgan fingerprint density at radius 1 is 1.31 bits per heavy atom. The number of carbonyl (C=O) groups excluding carboxylic acids is 2. The topological polar surface area (TPSA) is 72.0 Å². The van der Waals surface area contributed by atoms with Crippen molar-refractivity contribution in [3.8, 4) is 11.5 Å². The van der Waals surface area contributed by atoms with Crippen LogP contribution in [0.5, 0.6) is 11.5 Å². The van der Waals surface area contributed by atoms with Crippen molar-refractivity contribution < 1.29 is 19.1 Å². The predicted octanol–water partition coefficient (Wildman–Crippen LogP) is 4.26. The molecule has 0 bridgehead atoms. The second kappa shape index (κ2) is 9.50. The Bertz CT molecular complexity index is 1030. The monoisotopic (exact) mass is 475 g/mol. The van der Waals surface area contributed by atoms with Crippen LogP contribution in [0.15, 0.2) is 24.8 Å². The second-order valence-corrected chi connectivity index (χ2v) is 9.34. The number of nitrogens with zero attached hydrogens (tertiary/aromatic N) is 3. The third kappa shape index (κ3) is 4.21. The van der Waals surface area contributed by atoms with Crippen LogP contribution in [0.3, 0.4) is 0 Å². The van der Waals surface area contributed by atoms with E-state index in [-0.39, 0.29) is 24.8 Å². The summed E-state index contributed by atoms with van der Waals surface area (Å²) in [4.78, 5) is 35.6. The van der Waals surface area contributed by atoms with Crippen LogP contribution in [-0.2, 0) is 22.4 Å². The van der Waals surface area contributed by atoms with E-state index in [1.807, 2.05) is 0 Å². The van der Waals surface area contributed by atoms with E-state index in [2.05, 4.69) is 6.58 Å². The highest BCUT2D eigenvalue weighted by molar-refractivity contribution is 7.16. The number of carbonyl (C=O) groups is 2. The molecule has 9 heteroatoms. The van der Waals surface area contributed by atoms with Crippen LogP contribution in [0.25, 0.3) is 0 Å². The van der Waals surface area contributed by atoms with Crippen molar-refractivity contribution in [2.24, 2.45) is 5.92 Å². The van der Waals surface area contributed by atoms with Gasteiger partial charge in [0.2, 0.25) is 11.8 Å². The molecule has 1 aromatic heterocycles. The molecule has 1 aliphatic heterocycles. The summed E-state index contributed by atoms with van der Waals surface area (Å²) in [6.45, 7) is 4.41. The van der Waals surface area contributed by atoms with Gasteiger partial charge < -0.3 is 14.4 Å². The lowest BCUT2D eigenvalue weighted by Crippen LogP contribution is -2.37. The van der Waals surface area contributed by atoms with E-state index in [0.29, 0.717) is 33.9 Å². The SMILES string of the molecule is C=CCN(C(=O)C1CC(=O)N(c2cc(Cl)c(OC)cc2OC)C1)c1nc2c(s1)CCCC2. The van der Waals surface area contributed by atoms with Gasteiger partial charge in [0.15, 0.2) is 5.13 Å². The van der Waals surface area contributed by atoms with Gasteiger partial charge in [-0.1, -0.05) is 17.7 Å². The molecule has 1 atom stereocenters. The quantitative estimate of drug-likeness (QED) is 0.559. The van der Waals surface area contributed by atoms with Crippen molar-refractivity contribution in [1.82, 2.24) is 4.98 Å². The summed E-state index contributed by atoms with van der Waals surface area (Å²) < 4.78 is 10.7. The van der Waals surface area contributed by atoms with Crippen molar-refractivity contribution in [2.75, 3.05) is 37.1 Å². The van der Waals surface area contributed by atoms with Gasteiger partial charge in [-0.25, -0.2) is 4.98 Å². The average Bonchev–Trinajstić information content (AvgIpc) is 3.40. The smallest absolute Gasteiger partial charge is 0.234 e. The van der Waals surface area contributed by atoms with Gasteiger partial charge in [0.25, 0.3) is 0 Å². The Morgan fingerprint density at radius 2 is 2.06 bits per heavy atom. The van der Waals surface area contributed by atoms with Crippen LogP contribution in [-0.4, -0.2) is 44.1 Å². The molecule has 32 heavy (non-hydrogen) atoms. The summed E-state index contributed by atoms with van der Waals surface area (Å²) in [5.41, 5.74) is 1.62. The van der Waals surface area contributed by atoms with E-state index in [1.54, 1.807) is 39.3 Å². The summed E-state index contributed by atoms with van der Waals surface area (Å²) in [5.74, 6) is 0.152. The average molecular weight is 476 g/mol. The van der Waals surface area contributed by atoms with Crippen LogP contribution in [0.4, 0.5) is 10.8 Å². The second-order valence-electron chi connectivity index (χ2n) is 7.87. The molecule has 7 nitrogen and oxygen atoms in total. The van der Waals surface area contributed by atoms with Crippen LogP contribution in [0, 0.1) is 5.92 Å². The fraction of sp³-hybridized carbons (Fsp3) is 0.435. The van der Waals surface area contributed by atoms with E-state index in [4.69, 9.17) is 26.1 Å². The molecule has 1 aliphatic carbocycles. The minimum atomic E-state index is -0.492. The van der Waals surface area contributed by atoms with Gasteiger partial charge in [-0.2, -0.15) is 0 Å². The van der Waals surface area contributed by atoms with E-state index in [0.717, 1.165) is 31.4 Å². The van der Waals surface area contributed by atoms with Gasteiger partial charge in [-0.15, -0.1) is 17.9 Å². The highest BCUT2D eigenvalue weighted by Crippen LogP contribution is 2.41. The molecule has 0 N–H and O–H groups in total. The molecule has 0 saturated carbocycles. The molecule has 1 unspecified atom stereocenters. The normalized spacial score (nSPS) is 17.8. The number of rotatable bonds is 7. The lowest BCUT2D eigenvalue weighted by atomic mass is 10.0. The maximum atomic E-state index is 13.5. The Labute approximate surface area is 196 Å². The zero-order valence-corrected chi connectivity index (χ0v) is 19.8. The van der Waals surface area contributed by atoms with E-state index in [9.17, 15) is 9.59 Å². The van der Waals surface area contributed by atoms with Crippen molar-refractivity contribution in [3.05, 3.63) is 40.4 Å². The number of anilines is 2. The summed E-state index contributed by atoms with van der Waals surface area (Å²) in [5, 5.41) is 1.06. The van der Waals surface area contributed by atoms with Gasteiger partial charge in [0.05, 0.1) is 36.5 Å². The molecule has 0 radical (unpaired) electrons. The zero-order chi connectivity index (χ0) is 22.8. The van der Waals surface area contributed by atoms with Crippen LogP contribution in [0.1, 0.15) is 29.8 Å². The first kappa shape index (κ1) is 22.6. The first-order valence-corrected chi connectivity index (χ1v) is 11.8. The Balaban J connectivity index is 1.58. The van der Waals surface area contributed by atoms with Crippen molar-refractivity contribution in [2.45, 2.75) is 32.1 Å². The molecular weight excluding hydrogens is 450 g/mol. The van der Waals surface area contributed by atoms with E-state index < -0.39 is 5.92 Å². The molecular formula is C23H26ClN3O4S. The Morgan fingerprint density at radius 3 is 2.75 bits per heavy atom. The van der Waals surface area contributed by atoms with Crippen molar-refractivity contribution in [1.29, 1.82) is 0 Å². The van der Waals surface area contributed by atoms with E-state index in [1.165, 1.54) is 19.1 Å². The van der Waals surface area contributed by atoms with Gasteiger partial charge in [0, 0.05) is 30.5 Å². The largest absolute Gasteiger partial charge is 0.495 e. The first-order valence-electron chi connectivity index (χ1n) is 10.6. The highest BCUT2D eigenvalue weighted by atomic mass is 35.5. The summed E-state index contributed by atoms with van der Waals surface area (Å²) in [6, 6.07) is 3.28. The number of halogens is 1. The fourth-order valence-corrected chi connectivity index (χ4v) is 5.62. The third-order valence-corrected chi connectivity index (χ3v) is 7.34. The molecule has 1 fully saturated rings. The maximum Gasteiger partial charge on any atom is 0.234 e. The lowest BCUT2D eigenvalue weighted by Gasteiger charge is -2.23. The molecule has 2 aromatic rings. The summed E-state index contributed by atoms with van der Waals surface area (Å²) >= 11 is 7.87. The minimum absolute atomic E-state index is 0.115. The Kier molecular flexibility index (Phi) is 6.71. The number of hydrogen-bond acceptors (Lipinski definition) is 6. The van der Waals surface area contributed by atoms with Crippen molar-refractivity contribution >= 4 is 45.6 Å². The Hall–Kier alpha value is -2.58. The maximum absolute atomic E-state index is 13.5. The fourth-order valence-electron chi connectivity index (χ4n) is 4.23. The standard InChI is InChI=1S/C23H26ClN3O4S/c1-4-9-26(23-25-16-7-5-6-8-20(16)32-23)22(29)14-10-21(28)27(13-14)17-11-15(24)18(30-2)12-19(17)31-3/h4,11-12,14H,1,5-10,13H2,2-3H3. The van der Waals surface area contributed by atoms with E-state index >= 15 is 0 Å². The number of amides is 2. The molecule has 4 rings (SSSR count). The number of methoxy groups -OCH3 is 2. The number of thiazole rings is 1. The number of fused-ring (bicyclic) bond motifs is 1. The number of hydrogen-bond donors (Lipinski definition) is 0. The first-order chi connectivity index (χ1) is 15.5. The lowest BCUT2D eigenvalue weighted by molar-refractivity contribution is -0.124. The van der Waals surface area contributed by atoms with Gasteiger partial charge in [0.1, 0.15) is 11.5 Å². The van der Waals surface area contributed by atoms with Crippen LogP contribution >= 0.6 is 22.9 Å². The summed E-state index contributed by atoms with van der Waals surface area (Å²) in [7, 11) is 3.03. The molecule has 2 amide bonds. The number of aryl methyl sites for hydroxylation is 2. The highest BCUT2D eigenvalue weighted by Gasteiger charge is 2.39. The van der Waals surface area contributed by atoms with Gasteiger partial charge >= 0.3 is 0 Å². The minimum Gasteiger partial charge on any atom is -0.495 e. The molecule has 1 aromatic carbocycles. The number of aromatic nitrogens is 1. The van der Waals surface area contributed by atoms with Crippen molar-refractivity contribution in [3.63, 3.8) is 0 Å². The third-order valence-electron chi connectivity index (χ3n) is 5.86. The van der Waals surface area contributed by atoms with Crippen LogP contribution < -0.4 is 19.3 Å². The number of benzene rings is 1. The summed E-state index contributed by atoms with van der Waals surface area (Å²) in [6.07, 6.45) is 6.06. The predicted molar refractivity (Wildman–Crippen MR) is 126 cm³/mol. The molecule has 0 spiro atoms.